The normalized spacial score (nSPS) is 13.8. The van der Waals surface area contributed by atoms with Gasteiger partial charge in [0.2, 0.25) is 0 Å². The minimum atomic E-state index is -0.0574. The van der Waals surface area contributed by atoms with Crippen molar-refractivity contribution in [2.75, 3.05) is 58.5 Å². The Kier molecular flexibility index (Phi) is 6.84. The van der Waals surface area contributed by atoms with Crippen LogP contribution in [0.25, 0.3) is 0 Å². The van der Waals surface area contributed by atoms with Gasteiger partial charge in [0.25, 0.3) is 0 Å². The van der Waals surface area contributed by atoms with Gasteiger partial charge in [-0.05, 0) is 36.4 Å². The lowest BCUT2D eigenvalue weighted by atomic mass is 10.2. The van der Waals surface area contributed by atoms with E-state index in [1.165, 1.54) is 0 Å². The molecule has 1 aliphatic heterocycles. The van der Waals surface area contributed by atoms with Crippen molar-refractivity contribution in [3.63, 3.8) is 0 Å². The fourth-order valence-electron chi connectivity index (χ4n) is 3.15. The van der Waals surface area contributed by atoms with Crippen LogP contribution in [-0.4, -0.2) is 64.5 Å². The van der Waals surface area contributed by atoms with Crippen LogP contribution < -0.4 is 24.4 Å². The zero-order valence-corrected chi connectivity index (χ0v) is 16.4. The third-order valence-corrected chi connectivity index (χ3v) is 4.70. The van der Waals surface area contributed by atoms with E-state index in [4.69, 9.17) is 14.2 Å². The molecule has 1 fully saturated rings. The van der Waals surface area contributed by atoms with Crippen LogP contribution in [0.4, 0.5) is 10.5 Å². The third kappa shape index (κ3) is 5.00. The number of para-hydroxylation sites is 2. The van der Waals surface area contributed by atoms with Gasteiger partial charge in [0.1, 0.15) is 23.9 Å². The smallest absolute Gasteiger partial charge is 0.317 e. The number of nitrogens with zero attached hydrogens (tertiary/aromatic N) is 2. The molecule has 0 aliphatic carbocycles. The molecular formula is C21H27N3O4. The third-order valence-electron chi connectivity index (χ3n) is 4.70. The van der Waals surface area contributed by atoms with Gasteiger partial charge in [0.15, 0.2) is 0 Å². The molecule has 150 valence electrons. The van der Waals surface area contributed by atoms with Crippen LogP contribution in [0.2, 0.25) is 0 Å². The highest BCUT2D eigenvalue weighted by Gasteiger charge is 2.22. The van der Waals surface area contributed by atoms with Gasteiger partial charge in [0.05, 0.1) is 26.5 Å². The monoisotopic (exact) mass is 385 g/mol. The SMILES string of the molecule is COc1ccc(OCCNC(=O)N2CCN(c3ccccc3OC)CC2)cc1. The van der Waals surface area contributed by atoms with Crippen LogP contribution >= 0.6 is 0 Å². The summed E-state index contributed by atoms with van der Waals surface area (Å²) in [5.74, 6) is 2.39. The minimum absolute atomic E-state index is 0.0574. The van der Waals surface area contributed by atoms with Crippen LogP contribution in [0.3, 0.4) is 0 Å². The van der Waals surface area contributed by atoms with Crippen LogP contribution in [-0.2, 0) is 0 Å². The maximum atomic E-state index is 12.4. The van der Waals surface area contributed by atoms with E-state index in [2.05, 4.69) is 10.2 Å². The number of carbonyl (C=O) groups is 1. The van der Waals surface area contributed by atoms with Crippen molar-refractivity contribution in [1.29, 1.82) is 0 Å². The second-order valence-corrected chi connectivity index (χ2v) is 6.40. The quantitative estimate of drug-likeness (QED) is 0.743. The van der Waals surface area contributed by atoms with E-state index in [-0.39, 0.29) is 6.03 Å². The van der Waals surface area contributed by atoms with Crippen LogP contribution in [0.1, 0.15) is 0 Å². The lowest BCUT2D eigenvalue weighted by Gasteiger charge is -2.36. The molecule has 0 bridgehead atoms. The Balaban J connectivity index is 1.39. The van der Waals surface area contributed by atoms with Gasteiger partial charge in [-0.25, -0.2) is 4.79 Å². The molecule has 28 heavy (non-hydrogen) atoms. The van der Waals surface area contributed by atoms with E-state index in [1.807, 2.05) is 53.4 Å². The standard InChI is InChI=1S/C21H27N3O4/c1-26-17-7-9-18(10-8-17)28-16-11-22-21(25)24-14-12-23(13-15-24)19-5-3-4-6-20(19)27-2/h3-10H,11-16H2,1-2H3,(H,22,25). The predicted molar refractivity (Wildman–Crippen MR) is 109 cm³/mol. The summed E-state index contributed by atoms with van der Waals surface area (Å²) >= 11 is 0. The largest absolute Gasteiger partial charge is 0.497 e. The first-order valence-corrected chi connectivity index (χ1v) is 9.39. The second-order valence-electron chi connectivity index (χ2n) is 6.40. The Morgan fingerprint density at radius 3 is 2.29 bits per heavy atom. The molecule has 1 saturated heterocycles. The van der Waals surface area contributed by atoms with Gasteiger partial charge >= 0.3 is 6.03 Å². The minimum Gasteiger partial charge on any atom is -0.497 e. The van der Waals surface area contributed by atoms with Crippen LogP contribution in [0.5, 0.6) is 17.2 Å². The lowest BCUT2D eigenvalue weighted by molar-refractivity contribution is 0.191. The molecule has 7 nitrogen and oxygen atoms in total. The maximum absolute atomic E-state index is 12.4. The van der Waals surface area contributed by atoms with E-state index in [0.29, 0.717) is 26.2 Å². The zero-order valence-electron chi connectivity index (χ0n) is 16.4. The van der Waals surface area contributed by atoms with Gasteiger partial charge in [-0.15, -0.1) is 0 Å². The van der Waals surface area contributed by atoms with E-state index < -0.39 is 0 Å². The summed E-state index contributed by atoms with van der Waals surface area (Å²) in [7, 11) is 3.30. The predicted octanol–water partition coefficient (Wildman–Crippen LogP) is 2.61. The molecule has 0 atom stereocenters. The van der Waals surface area contributed by atoms with Crippen molar-refractivity contribution in [2.24, 2.45) is 0 Å². The van der Waals surface area contributed by atoms with Crippen molar-refractivity contribution in [2.45, 2.75) is 0 Å². The molecule has 1 aliphatic rings. The van der Waals surface area contributed by atoms with Gasteiger partial charge in [0, 0.05) is 26.2 Å². The first-order valence-electron chi connectivity index (χ1n) is 9.39. The number of benzene rings is 2. The number of anilines is 1. The number of amides is 2. The number of carbonyl (C=O) groups excluding carboxylic acids is 1. The van der Waals surface area contributed by atoms with Crippen molar-refractivity contribution >= 4 is 11.7 Å². The molecule has 1 heterocycles. The maximum Gasteiger partial charge on any atom is 0.317 e. The first-order chi connectivity index (χ1) is 13.7. The number of hydrogen-bond donors (Lipinski definition) is 1. The summed E-state index contributed by atoms with van der Waals surface area (Å²) in [4.78, 5) is 16.4. The fraction of sp³-hybridized carbons (Fsp3) is 0.381. The number of methoxy groups -OCH3 is 2. The lowest BCUT2D eigenvalue weighted by Crippen LogP contribution is -2.52. The Hall–Kier alpha value is -3.09. The van der Waals surface area contributed by atoms with Crippen molar-refractivity contribution in [1.82, 2.24) is 10.2 Å². The number of urea groups is 1. The average Bonchev–Trinajstić information content (AvgIpc) is 2.77. The number of nitrogens with one attached hydrogen (secondary N) is 1. The van der Waals surface area contributed by atoms with Crippen molar-refractivity contribution in [3.05, 3.63) is 48.5 Å². The molecule has 2 aromatic rings. The van der Waals surface area contributed by atoms with E-state index in [0.717, 1.165) is 36.0 Å². The Bertz CT molecular complexity index is 759. The van der Waals surface area contributed by atoms with Crippen LogP contribution in [0.15, 0.2) is 48.5 Å². The van der Waals surface area contributed by atoms with E-state index in [1.54, 1.807) is 14.2 Å². The van der Waals surface area contributed by atoms with Crippen LogP contribution in [0, 0.1) is 0 Å². The highest BCUT2D eigenvalue weighted by molar-refractivity contribution is 5.74. The van der Waals surface area contributed by atoms with E-state index >= 15 is 0 Å². The molecule has 7 heteroatoms. The fourth-order valence-corrected chi connectivity index (χ4v) is 3.15. The van der Waals surface area contributed by atoms with Gasteiger partial charge in [-0.3, -0.25) is 0 Å². The average molecular weight is 385 g/mol. The Labute approximate surface area is 165 Å². The van der Waals surface area contributed by atoms with Crippen molar-refractivity contribution < 1.29 is 19.0 Å². The molecule has 0 unspecified atom stereocenters. The van der Waals surface area contributed by atoms with Gasteiger partial charge < -0.3 is 29.3 Å². The topological polar surface area (TPSA) is 63.3 Å². The first kappa shape index (κ1) is 19.7. The molecule has 2 aromatic carbocycles. The summed E-state index contributed by atoms with van der Waals surface area (Å²) < 4.78 is 16.2. The summed E-state index contributed by atoms with van der Waals surface area (Å²) in [6.45, 7) is 3.76. The molecule has 3 rings (SSSR count). The molecule has 0 radical (unpaired) electrons. The molecule has 0 spiro atoms. The molecule has 2 amide bonds. The number of rotatable bonds is 7. The van der Waals surface area contributed by atoms with E-state index in [9.17, 15) is 4.79 Å². The summed E-state index contributed by atoms with van der Waals surface area (Å²) in [6.07, 6.45) is 0. The highest BCUT2D eigenvalue weighted by Crippen LogP contribution is 2.28. The molecule has 0 saturated carbocycles. The van der Waals surface area contributed by atoms with Crippen molar-refractivity contribution in [3.8, 4) is 17.2 Å². The second kappa shape index (κ2) is 9.73. The molecule has 0 aromatic heterocycles. The number of hydrogen-bond acceptors (Lipinski definition) is 5. The Morgan fingerprint density at radius 2 is 1.61 bits per heavy atom. The molecule has 1 N–H and O–H groups in total. The Morgan fingerprint density at radius 1 is 0.929 bits per heavy atom. The zero-order chi connectivity index (χ0) is 19.8. The molecular weight excluding hydrogens is 358 g/mol. The van der Waals surface area contributed by atoms with Gasteiger partial charge in [-0.1, -0.05) is 12.1 Å². The number of ether oxygens (including phenoxy) is 3. The number of piperazine rings is 1. The highest BCUT2D eigenvalue weighted by atomic mass is 16.5. The summed E-state index contributed by atoms with van der Waals surface area (Å²) in [5.41, 5.74) is 1.07. The summed E-state index contributed by atoms with van der Waals surface area (Å²) in [5, 5.41) is 2.92. The summed E-state index contributed by atoms with van der Waals surface area (Å²) in [6, 6.07) is 15.3. The van der Waals surface area contributed by atoms with Gasteiger partial charge in [-0.2, -0.15) is 0 Å².